The maximum Gasteiger partial charge on any atom is 0.433 e. The molecule has 1 unspecified atom stereocenters. The molecule has 198 valence electrons. The van der Waals surface area contributed by atoms with Gasteiger partial charge in [-0.15, -0.1) is 0 Å². The van der Waals surface area contributed by atoms with Crippen molar-refractivity contribution in [2.75, 3.05) is 6.26 Å². The van der Waals surface area contributed by atoms with Crippen molar-refractivity contribution in [2.24, 2.45) is 0 Å². The molecule has 2 aromatic carbocycles. The van der Waals surface area contributed by atoms with Crippen molar-refractivity contribution in [3.8, 4) is 11.3 Å². The van der Waals surface area contributed by atoms with Crippen LogP contribution < -0.4 is 10.0 Å². The summed E-state index contributed by atoms with van der Waals surface area (Å²) >= 11 is 0. The van der Waals surface area contributed by atoms with E-state index in [1.165, 1.54) is 19.1 Å². The molecule has 0 bridgehead atoms. The number of hydrogen-bond acceptors (Lipinski definition) is 4. The number of nitrogens with one attached hydrogen (secondary N) is 2. The number of hydrogen-bond donors (Lipinski definition) is 2. The highest BCUT2D eigenvalue weighted by atomic mass is 32.2. The fraction of sp³-hybridized carbons (Fsp3) is 0.250. The third-order valence-electron chi connectivity index (χ3n) is 5.35. The Morgan fingerprint density at radius 1 is 0.946 bits per heavy atom. The fourth-order valence-corrected chi connectivity index (χ4v) is 3.82. The zero-order chi connectivity index (χ0) is 27.5. The van der Waals surface area contributed by atoms with E-state index in [2.05, 4.69) is 15.0 Å². The highest BCUT2D eigenvalue weighted by Crippen LogP contribution is 2.32. The van der Waals surface area contributed by atoms with E-state index in [9.17, 15) is 39.6 Å². The summed E-state index contributed by atoms with van der Waals surface area (Å²) in [5, 5.41) is 2.51. The number of amides is 1. The van der Waals surface area contributed by atoms with Gasteiger partial charge in [-0.25, -0.2) is 31.3 Å². The van der Waals surface area contributed by atoms with Crippen LogP contribution in [0.1, 0.15) is 35.2 Å². The van der Waals surface area contributed by atoms with E-state index in [-0.39, 0.29) is 41.0 Å². The van der Waals surface area contributed by atoms with E-state index in [4.69, 9.17) is 0 Å². The Balaban J connectivity index is 1.81. The molecule has 0 radical (unpaired) electrons. The minimum absolute atomic E-state index is 0.0598. The average Bonchev–Trinajstić information content (AvgIpc) is 2.79. The Kier molecular flexibility index (Phi) is 8.28. The maximum atomic E-state index is 14.4. The van der Waals surface area contributed by atoms with Crippen LogP contribution in [0.2, 0.25) is 0 Å². The highest BCUT2D eigenvalue weighted by Gasteiger charge is 2.33. The molecule has 0 saturated carbocycles. The van der Waals surface area contributed by atoms with Gasteiger partial charge in [0, 0.05) is 30.3 Å². The van der Waals surface area contributed by atoms with E-state index in [1.807, 2.05) is 0 Å². The van der Waals surface area contributed by atoms with Gasteiger partial charge in [-0.05, 0) is 42.3 Å². The number of halogens is 6. The molecule has 1 amide bonds. The summed E-state index contributed by atoms with van der Waals surface area (Å²) in [7, 11) is -3.54. The second-order valence-electron chi connectivity index (χ2n) is 8.24. The second kappa shape index (κ2) is 10.9. The van der Waals surface area contributed by atoms with E-state index < -0.39 is 51.2 Å². The maximum absolute atomic E-state index is 14.4. The lowest BCUT2D eigenvalue weighted by Crippen LogP contribution is -2.28. The first kappa shape index (κ1) is 28.1. The monoisotopic (exact) mass is 545 g/mol. The highest BCUT2D eigenvalue weighted by molar-refractivity contribution is 7.88. The number of pyridine rings is 1. The number of nitrogens with zero attached hydrogens (tertiary/aromatic N) is 1. The van der Waals surface area contributed by atoms with Crippen molar-refractivity contribution in [2.45, 2.75) is 32.1 Å². The number of carbonyl (C=O) groups is 1. The van der Waals surface area contributed by atoms with Crippen molar-refractivity contribution in [3.05, 3.63) is 88.4 Å². The molecular weight excluding hydrogens is 524 g/mol. The molecule has 2 N–H and O–H groups in total. The molecule has 0 aliphatic rings. The van der Waals surface area contributed by atoms with Crippen molar-refractivity contribution < 1.29 is 39.6 Å². The van der Waals surface area contributed by atoms with Crippen LogP contribution in [0.4, 0.5) is 26.3 Å². The molecular formula is C24H21F6N3O3S. The predicted molar refractivity (Wildman–Crippen MR) is 123 cm³/mol. The Bertz CT molecular complexity index is 1410. The van der Waals surface area contributed by atoms with Crippen LogP contribution in [-0.2, 0) is 34.1 Å². The summed E-state index contributed by atoms with van der Waals surface area (Å²) in [6, 6.07) is 7.76. The van der Waals surface area contributed by atoms with Gasteiger partial charge in [0.15, 0.2) is 0 Å². The van der Waals surface area contributed by atoms with Gasteiger partial charge in [-0.1, -0.05) is 18.2 Å². The number of alkyl halides is 3. The van der Waals surface area contributed by atoms with Crippen LogP contribution >= 0.6 is 0 Å². The van der Waals surface area contributed by atoms with Gasteiger partial charge in [-0.3, -0.25) is 4.79 Å². The Hall–Kier alpha value is -3.45. The molecule has 3 rings (SSSR count). The van der Waals surface area contributed by atoms with Crippen LogP contribution in [0.15, 0.2) is 48.5 Å². The lowest BCUT2D eigenvalue weighted by molar-refractivity contribution is -0.141. The summed E-state index contributed by atoms with van der Waals surface area (Å²) in [6.45, 7) is 0.850. The van der Waals surface area contributed by atoms with Gasteiger partial charge in [0.25, 0.3) is 0 Å². The van der Waals surface area contributed by atoms with Gasteiger partial charge < -0.3 is 5.32 Å². The predicted octanol–water partition coefficient (Wildman–Crippen LogP) is 4.65. The lowest BCUT2D eigenvalue weighted by atomic mass is 9.98. The third kappa shape index (κ3) is 7.52. The van der Waals surface area contributed by atoms with Gasteiger partial charge in [0.1, 0.15) is 23.1 Å². The van der Waals surface area contributed by atoms with E-state index in [0.717, 1.165) is 30.5 Å². The Labute approximate surface area is 208 Å². The van der Waals surface area contributed by atoms with Crippen molar-refractivity contribution in [3.63, 3.8) is 0 Å². The fourth-order valence-electron chi connectivity index (χ4n) is 3.40. The summed E-state index contributed by atoms with van der Waals surface area (Å²) in [5.41, 5.74) is -1.51. The third-order valence-corrected chi connectivity index (χ3v) is 6.02. The first-order valence-electron chi connectivity index (χ1n) is 10.7. The number of rotatable bonds is 8. The molecule has 1 heterocycles. The summed E-state index contributed by atoms with van der Waals surface area (Å²) in [4.78, 5) is 16.2. The smallest absolute Gasteiger partial charge is 0.351 e. The molecule has 0 spiro atoms. The molecule has 0 fully saturated rings. The molecule has 1 aromatic heterocycles. The Morgan fingerprint density at radius 3 is 2.14 bits per heavy atom. The van der Waals surface area contributed by atoms with E-state index >= 15 is 0 Å². The minimum Gasteiger partial charge on any atom is -0.351 e. The van der Waals surface area contributed by atoms with E-state index in [1.54, 1.807) is 0 Å². The van der Waals surface area contributed by atoms with Gasteiger partial charge >= 0.3 is 6.18 Å². The first-order valence-corrected chi connectivity index (χ1v) is 12.6. The Morgan fingerprint density at radius 2 is 1.57 bits per heavy atom. The molecule has 37 heavy (non-hydrogen) atoms. The molecule has 13 heteroatoms. The minimum atomic E-state index is -4.82. The molecule has 0 aliphatic carbocycles. The zero-order valence-electron chi connectivity index (χ0n) is 19.5. The SMILES string of the molecule is CC(C(=O)NCc1ccc(C(F)(F)F)nc1-c1cc(F)cc(F)c1)c1ccc(CNS(C)(=O)=O)c(F)c1. The van der Waals surface area contributed by atoms with Crippen LogP contribution in [0.3, 0.4) is 0 Å². The van der Waals surface area contributed by atoms with Gasteiger partial charge in [0.05, 0.1) is 17.9 Å². The first-order chi connectivity index (χ1) is 17.1. The zero-order valence-corrected chi connectivity index (χ0v) is 20.3. The molecule has 6 nitrogen and oxygen atoms in total. The van der Waals surface area contributed by atoms with Crippen LogP contribution in [0, 0.1) is 17.5 Å². The normalized spacial score (nSPS) is 12.9. The van der Waals surface area contributed by atoms with Crippen LogP contribution in [0.5, 0.6) is 0 Å². The van der Waals surface area contributed by atoms with Crippen molar-refractivity contribution in [1.82, 2.24) is 15.0 Å². The topological polar surface area (TPSA) is 88.2 Å². The van der Waals surface area contributed by atoms with Gasteiger partial charge in [-0.2, -0.15) is 13.2 Å². The lowest BCUT2D eigenvalue weighted by Gasteiger charge is -2.16. The van der Waals surface area contributed by atoms with Crippen LogP contribution in [-0.4, -0.2) is 25.6 Å². The molecule has 0 saturated heterocycles. The molecule has 1 atom stereocenters. The largest absolute Gasteiger partial charge is 0.433 e. The van der Waals surface area contributed by atoms with Crippen molar-refractivity contribution >= 4 is 15.9 Å². The second-order valence-corrected chi connectivity index (χ2v) is 10.1. The summed E-state index contributed by atoms with van der Waals surface area (Å²) in [5.74, 6) is -4.29. The number of aromatic nitrogens is 1. The number of carbonyl (C=O) groups excluding carboxylic acids is 1. The van der Waals surface area contributed by atoms with Crippen molar-refractivity contribution in [1.29, 1.82) is 0 Å². The number of benzene rings is 2. The van der Waals surface area contributed by atoms with Gasteiger partial charge in [0.2, 0.25) is 15.9 Å². The summed E-state index contributed by atoms with van der Waals surface area (Å²) < 4.78 is 106. The van der Waals surface area contributed by atoms with Crippen LogP contribution in [0.25, 0.3) is 11.3 Å². The molecule has 3 aromatic rings. The quantitative estimate of drug-likeness (QED) is 0.404. The standard InChI is InChI=1S/C24H21F6N3O3S/c1-13(14-3-4-15(20(27)9-14)12-32-37(2,35)36)23(34)31-11-16-5-6-21(24(28,29)30)33-22(16)17-7-18(25)10-19(26)8-17/h3-10,13,32H,11-12H2,1-2H3,(H,31,34). The average molecular weight is 546 g/mol. The summed E-state index contributed by atoms with van der Waals surface area (Å²) in [6.07, 6.45) is -3.89. The van der Waals surface area contributed by atoms with E-state index in [0.29, 0.717) is 12.1 Å². The number of sulfonamides is 1. The molecule has 0 aliphatic heterocycles.